The molecule has 0 saturated carbocycles. The number of ether oxygens (including phenoxy) is 1. The highest BCUT2D eigenvalue weighted by molar-refractivity contribution is 6.62. The van der Waals surface area contributed by atoms with Crippen molar-refractivity contribution >= 4 is 42.0 Å². The Morgan fingerprint density at radius 1 is 1.00 bits per heavy atom. The number of hydrogen-bond donors (Lipinski definition) is 2. The lowest BCUT2D eigenvalue weighted by atomic mass is 9.78. The van der Waals surface area contributed by atoms with Crippen LogP contribution >= 0.6 is 0 Å². The smallest absolute Gasteiger partial charge is 0.489 e. The van der Waals surface area contributed by atoms with Crippen molar-refractivity contribution in [2.45, 2.75) is 51.7 Å². The van der Waals surface area contributed by atoms with Gasteiger partial charge in [0.1, 0.15) is 18.5 Å². The number of nitriles is 1. The zero-order valence-electron chi connectivity index (χ0n) is 23.2. The van der Waals surface area contributed by atoms with E-state index in [2.05, 4.69) is 16.7 Å². The van der Waals surface area contributed by atoms with Gasteiger partial charge in [0.15, 0.2) is 0 Å². The molecule has 9 nitrogen and oxygen atoms in total. The summed E-state index contributed by atoms with van der Waals surface area (Å²) < 4.78 is 18.5. The summed E-state index contributed by atoms with van der Waals surface area (Å²) in [4.78, 5) is 26.7. The molecule has 3 aromatic carbocycles. The van der Waals surface area contributed by atoms with Crippen LogP contribution < -0.4 is 25.7 Å². The van der Waals surface area contributed by atoms with Crippen molar-refractivity contribution in [2.24, 2.45) is 0 Å². The number of amides is 3. The van der Waals surface area contributed by atoms with Gasteiger partial charge in [0, 0.05) is 5.69 Å². The van der Waals surface area contributed by atoms with Crippen LogP contribution in [0.15, 0.2) is 72.3 Å². The second-order valence-corrected chi connectivity index (χ2v) is 11.3. The van der Waals surface area contributed by atoms with Gasteiger partial charge in [-0.1, -0.05) is 30.3 Å². The third-order valence-electron chi connectivity index (χ3n) is 8.04. The summed E-state index contributed by atoms with van der Waals surface area (Å²) >= 11 is 0. The number of carbonyl (C=O) groups is 2. The summed E-state index contributed by atoms with van der Waals surface area (Å²) in [6, 6.07) is 22.2. The van der Waals surface area contributed by atoms with Gasteiger partial charge in [-0.25, -0.2) is 4.79 Å². The molecule has 2 fully saturated rings. The molecule has 0 aliphatic carbocycles. The van der Waals surface area contributed by atoms with E-state index in [1.165, 1.54) is 0 Å². The minimum atomic E-state index is -0.720. The van der Waals surface area contributed by atoms with E-state index < -0.39 is 36.4 Å². The quantitative estimate of drug-likeness (QED) is 0.461. The maximum absolute atomic E-state index is 12.6. The summed E-state index contributed by atoms with van der Waals surface area (Å²) in [6.45, 7) is 8.47. The number of nitrogens with one attached hydrogen (secondary N) is 2. The topological polar surface area (TPSA) is 113 Å². The van der Waals surface area contributed by atoms with Gasteiger partial charge in [-0.3, -0.25) is 10.1 Å². The zero-order chi connectivity index (χ0) is 28.9. The van der Waals surface area contributed by atoms with E-state index in [0.717, 1.165) is 22.3 Å². The Morgan fingerprint density at radius 3 is 2.44 bits per heavy atom. The maximum atomic E-state index is 12.6. The minimum Gasteiger partial charge on any atom is -0.489 e. The van der Waals surface area contributed by atoms with E-state index >= 15 is 0 Å². The molecule has 3 aliphatic rings. The molecule has 2 saturated heterocycles. The van der Waals surface area contributed by atoms with E-state index in [-0.39, 0.29) is 0 Å². The summed E-state index contributed by atoms with van der Waals surface area (Å²) in [5.41, 5.74) is 4.15. The predicted molar refractivity (Wildman–Crippen MR) is 155 cm³/mol. The molecule has 0 bridgehead atoms. The van der Waals surface area contributed by atoms with E-state index in [4.69, 9.17) is 14.0 Å². The Morgan fingerprint density at radius 2 is 1.73 bits per heavy atom. The van der Waals surface area contributed by atoms with E-state index in [1.807, 2.05) is 81.1 Å². The fourth-order valence-electron chi connectivity index (χ4n) is 5.10. The van der Waals surface area contributed by atoms with Crippen LogP contribution in [-0.2, 0) is 20.7 Å². The first-order valence-electron chi connectivity index (χ1n) is 13.4. The van der Waals surface area contributed by atoms with Gasteiger partial charge in [0.2, 0.25) is 0 Å². The average Bonchev–Trinajstić information content (AvgIpc) is 3.17. The Balaban J connectivity index is 1.22. The second kappa shape index (κ2) is 9.80. The van der Waals surface area contributed by atoms with Crippen molar-refractivity contribution in [3.05, 3.63) is 89.0 Å². The third kappa shape index (κ3) is 4.84. The summed E-state index contributed by atoms with van der Waals surface area (Å²) in [7, 11) is -0.450. The number of imide groups is 1. The largest absolute Gasteiger partial charge is 0.494 e. The van der Waals surface area contributed by atoms with Gasteiger partial charge in [-0.05, 0) is 86.8 Å². The molecular weight excluding hydrogens is 519 g/mol. The second-order valence-electron chi connectivity index (χ2n) is 11.3. The summed E-state index contributed by atoms with van der Waals surface area (Å²) in [5, 5.41) is 14.6. The van der Waals surface area contributed by atoms with Crippen LogP contribution in [-0.4, -0.2) is 36.4 Å². The van der Waals surface area contributed by atoms with E-state index in [0.29, 0.717) is 29.2 Å². The van der Waals surface area contributed by atoms with Crippen LogP contribution in [0.25, 0.3) is 6.08 Å². The minimum absolute atomic E-state index is 0.344. The van der Waals surface area contributed by atoms with Gasteiger partial charge in [0.25, 0.3) is 5.91 Å². The first kappa shape index (κ1) is 26.6. The molecule has 3 amide bonds. The lowest BCUT2D eigenvalue weighted by Crippen LogP contribution is -2.60. The number of anilines is 2. The molecule has 3 heterocycles. The highest BCUT2D eigenvalue weighted by atomic mass is 16.7. The van der Waals surface area contributed by atoms with Gasteiger partial charge in [-0.2, -0.15) is 5.26 Å². The number of urea groups is 1. The molecule has 0 spiro atoms. The van der Waals surface area contributed by atoms with Gasteiger partial charge in [0.05, 0.1) is 34.1 Å². The molecule has 10 heteroatoms. The van der Waals surface area contributed by atoms with Crippen molar-refractivity contribution in [1.29, 1.82) is 5.26 Å². The fourth-order valence-corrected chi connectivity index (χ4v) is 5.10. The molecular formula is C31H29BN4O5. The molecule has 2 N–H and O–H groups in total. The van der Waals surface area contributed by atoms with Crippen molar-refractivity contribution in [1.82, 2.24) is 10.6 Å². The summed E-state index contributed by atoms with van der Waals surface area (Å²) in [6.07, 6.45) is 1.02. The van der Waals surface area contributed by atoms with Crippen LogP contribution in [0.4, 0.5) is 16.2 Å². The summed E-state index contributed by atoms with van der Waals surface area (Å²) in [5.74, 6) is 0.195. The fraction of sp³-hybridized carbons (Fsp3) is 0.258. The number of rotatable bonds is 5. The number of carbonyl (C=O) groups excluding carboxylic acids is 2. The molecule has 206 valence electrons. The molecule has 1 atom stereocenters. The number of hydrogen-bond acceptors (Lipinski definition) is 7. The Labute approximate surface area is 238 Å². The van der Waals surface area contributed by atoms with E-state index in [9.17, 15) is 14.9 Å². The first-order valence-corrected chi connectivity index (χ1v) is 13.4. The van der Waals surface area contributed by atoms with Crippen molar-refractivity contribution < 1.29 is 23.6 Å². The molecule has 3 aliphatic heterocycles. The Kier molecular flexibility index (Phi) is 6.37. The van der Waals surface area contributed by atoms with Gasteiger partial charge >= 0.3 is 13.1 Å². The van der Waals surface area contributed by atoms with Gasteiger partial charge < -0.3 is 24.3 Å². The van der Waals surface area contributed by atoms with Gasteiger partial charge in [-0.15, -0.1) is 0 Å². The molecule has 41 heavy (non-hydrogen) atoms. The molecule has 1 unspecified atom stereocenters. The maximum Gasteiger partial charge on any atom is 0.494 e. The zero-order valence-corrected chi connectivity index (χ0v) is 23.2. The first-order chi connectivity index (χ1) is 19.5. The Hall–Kier alpha value is -4.59. The standard InChI is InChI=1S/C31H29BN4O5/c1-30(2)31(3,4)41-32(40-30)22-7-5-6-20(14-22)18-39-24-12-10-23(11-13-24)36-26-15-19(17-33)8-9-21(26)16-25-27(36)34-29(38)35-28(25)37/h5-16,27H,18H2,1-4H3,(H2,34,35,37,38). The lowest BCUT2D eigenvalue weighted by Gasteiger charge is -2.41. The van der Waals surface area contributed by atoms with Crippen LogP contribution in [0.2, 0.25) is 0 Å². The molecule has 3 aromatic rings. The van der Waals surface area contributed by atoms with Crippen molar-refractivity contribution in [3.8, 4) is 11.8 Å². The number of nitrogens with zero attached hydrogens (tertiary/aromatic N) is 2. The van der Waals surface area contributed by atoms with E-state index in [1.54, 1.807) is 24.3 Å². The van der Waals surface area contributed by atoms with Crippen molar-refractivity contribution in [2.75, 3.05) is 4.90 Å². The lowest BCUT2D eigenvalue weighted by molar-refractivity contribution is -0.117. The Bertz CT molecular complexity index is 1610. The average molecular weight is 548 g/mol. The van der Waals surface area contributed by atoms with Crippen LogP contribution in [0.1, 0.15) is 44.4 Å². The monoisotopic (exact) mass is 548 g/mol. The SMILES string of the molecule is CC1(C)OB(c2cccc(COc3ccc(N4c5cc(C#N)ccc5C=C5C(=O)NC(=O)NC54)cc3)c2)OC1(C)C. The third-order valence-corrected chi connectivity index (χ3v) is 8.04. The predicted octanol–water partition coefficient (Wildman–Crippen LogP) is 4.14. The van der Waals surface area contributed by atoms with Crippen molar-refractivity contribution in [3.63, 3.8) is 0 Å². The van der Waals surface area contributed by atoms with Crippen LogP contribution in [0.5, 0.6) is 5.75 Å². The van der Waals surface area contributed by atoms with Crippen LogP contribution in [0.3, 0.4) is 0 Å². The van der Waals surface area contributed by atoms with Crippen LogP contribution in [0, 0.1) is 11.3 Å². The molecule has 6 rings (SSSR count). The number of fused-ring (bicyclic) bond motifs is 2. The number of benzene rings is 3. The highest BCUT2D eigenvalue weighted by Crippen LogP contribution is 2.40. The molecule has 0 aromatic heterocycles. The normalized spacial score (nSPS) is 20.3. The molecule has 0 radical (unpaired) electrons. The highest BCUT2D eigenvalue weighted by Gasteiger charge is 2.51.